The van der Waals surface area contributed by atoms with Crippen molar-refractivity contribution in [2.24, 2.45) is 46.3 Å². The summed E-state index contributed by atoms with van der Waals surface area (Å²) in [6, 6.07) is 0. The Kier molecular flexibility index (Phi) is 8.43. The van der Waals surface area contributed by atoms with E-state index in [2.05, 4.69) is 40.7 Å². The van der Waals surface area contributed by atoms with E-state index in [0.29, 0.717) is 30.1 Å². The first kappa shape index (κ1) is 30.0. The van der Waals surface area contributed by atoms with Crippen molar-refractivity contribution in [3.63, 3.8) is 0 Å². The topological polar surface area (TPSA) is 110 Å². The Hall–Kier alpha value is -0.500. The number of hydrogen-bond donors (Lipinski definition) is 5. The molecular formula is C33H56O6. The van der Waals surface area contributed by atoms with Gasteiger partial charge >= 0.3 is 0 Å². The van der Waals surface area contributed by atoms with Crippen molar-refractivity contribution < 1.29 is 30.3 Å². The third-order valence-electron chi connectivity index (χ3n) is 12.8. The molecule has 224 valence electrons. The van der Waals surface area contributed by atoms with E-state index in [1.54, 1.807) is 0 Å². The molecule has 4 fully saturated rings. The second kappa shape index (κ2) is 11.0. The number of ether oxygens (including phenoxy) is 1. The van der Waals surface area contributed by atoms with Crippen LogP contribution in [-0.4, -0.2) is 68.3 Å². The maximum absolute atomic E-state index is 11.8. The normalized spacial score (nSPS) is 50.6. The molecule has 0 spiro atoms. The van der Waals surface area contributed by atoms with Crippen molar-refractivity contribution in [3.05, 3.63) is 11.6 Å². The summed E-state index contributed by atoms with van der Waals surface area (Å²) in [7, 11) is 0. The summed E-state index contributed by atoms with van der Waals surface area (Å²) >= 11 is 0. The van der Waals surface area contributed by atoms with Crippen molar-refractivity contribution >= 4 is 0 Å². The van der Waals surface area contributed by atoms with Gasteiger partial charge in [-0.05, 0) is 91.3 Å². The lowest BCUT2D eigenvalue weighted by Crippen LogP contribution is -2.66. The van der Waals surface area contributed by atoms with Crippen LogP contribution >= 0.6 is 0 Å². The van der Waals surface area contributed by atoms with E-state index in [1.165, 1.54) is 50.5 Å². The highest BCUT2D eigenvalue weighted by Gasteiger charge is 2.62. The Morgan fingerprint density at radius 2 is 1.67 bits per heavy atom. The van der Waals surface area contributed by atoms with Crippen LogP contribution in [0.2, 0.25) is 0 Å². The average Bonchev–Trinajstić information content (AvgIpc) is 3.25. The Morgan fingerprint density at radius 3 is 2.36 bits per heavy atom. The monoisotopic (exact) mass is 548 g/mol. The molecule has 1 unspecified atom stereocenters. The van der Waals surface area contributed by atoms with Crippen molar-refractivity contribution in [3.8, 4) is 0 Å². The quantitative estimate of drug-likeness (QED) is 0.298. The largest absolute Gasteiger partial charge is 0.394 e. The molecule has 39 heavy (non-hydrogen) atoms. The third-order valence-corrected chi connectivity index (χ3v) is 12.8. The summed E-state index contributed by atoms with van der Waals surface area (Å²) < 4.78 is 5.85. The summed E-state index contributed by atoms with van der Waals surface area (Å²) in [5.41, 5.74) is 0.408. The zero-order valence-electron chi connectivity index (χ0n) is 25.1. The van der Waals surface area contributed by atoms with E-state index in [1.807, 2.05) is 0 Å². The number of aliphatic hydroxyl groups is 5. The van der Waals surface area contributed by atoms with Crippen molar-refractivity contribution in [1.82, 2.24) is 0 Å². The highest BCUT2D eigenvalue weighted by Crippen LogP contribution is 2.68. The molecule has 6 heteroatoms. The predicted molar refractivity (Wildman–Crippen MR) is 152 cm³/mol. The molecule has 0 radical (unpaired) electrons. The van der Waals surface area contributed by atoms with Crippen LogP contribution in [0.25, 0.3) is 0 Å². The van der Waals surface area contributed by atoms with Crippen molar-refractivity contribution in [2.75, 3.05) is 6.61 Å². The van der Waals surface area contributed by atoms with Crippen LogP contribution in [0.3, 0.4) is 0 Å². The number of allylic oxidation sites excluding steroid dienone is 1. The zero-order chi connectivity index (χ0) is 28.3. The lowest BCUT2D eigenvalue weighted by Gasteiger charge is -2.60. The average molecular weight is 549 g/mol. The van der Waals surface area contributed by atoms with Gasteiger partial charge in [-0.3, -0.25) is 0 Å². The highest BCUT2D eigenvalue weighted by atomic mass is 16.6. The van der Waals surface area contributed by atoms with Gasteiger partial charge in [-0.1, -0.05) is 65.5 Å². The lowest BCUT2D eigenvalue weighted by atomic mass is 9.46. The Labute approximate surface area is 236 Å². The molecule has 13 atom stereocenters. The van der Waals surface area contributed by atoms with Gasteiger partial charge in [0, 0.05) is 6.42 Å². The molecule has 5 aliphatic rings. The van der Waals surface area contributed by atoms with Gasteiger partial charge in [0.25, 0.3) is 0 Å². The van der Waals surface area contributed by atoms with E-state index in [0.717, 1.165) is 36.5 Å². The molecule has 4 aliphatic carbocycles. The first-order valence-electron chi connectivity index (χ1n) is 16.1. The smallest absolute Gasteiger partial charge is 0.116 e. The second-order valence-corrected chi connectivity index (χ2v) is 15.3. The van der Waals surface area contributed by atoms with Crippen LogP contribution in [0, 0.1) is 46.3 Å². The lowest BCUT2D eigenvalue weighted by molar-refractivity contribution is -0.275. The molecule has 6 nitrogen and oxygen atoms in total. The van der Waals surface area contributed by atoms with Crippen LogP contribution in [0.15, 0.2) is 11.6 Å². The number of rotatable bonds is 7. The summed E-state index contributed by atoms with van der Waals surface area (Å²) in [5.74, 6) is 4.50. The molecule has 0 aromatic carbocycles. The number of hydrogen-bond acceptors (Lipinski definition) is 6. The van der Waals surface area contributed by atoms with Crippen LogP contribution in [-0.2, 0) is 4.74 Å². The summed E-state index contributed by atoms with van der Waals surface area (Å²) in [6.07, 6.45) is 8.20. The molecule has 1 heterocycles. The molecule has 1 aliphatic heterocycles. The summed E-state index contributed by atoms with van der Waals surface area (Å²) in [5, 5.41) is 52.9. The molecule has 0 bridgehead atoms. The number of fused-ring (bicyclic) bond motifs is 5. The zero-order valence-corrected chi connectivity index (χ0v) is 25.1. The van der Waals surface area contributed by atoms with Gasteiger partial charge in [-0.25, -0.2) is 0 Å². The van der Waals surface area contributed by atoms with Gasteiger partial charge < -0.3 is 30.3 Å². The van der Waals surface area contributed by atoms with Crippen molar-refractivity contribution in [2.45, 2.75) is 141 Å². The van der Waals surface area contributed by atoms with Gasteiger partial charge in [-0.2, -0.15) is 0 Å². The minimum atomic E-state index is -1.46. The van der Waals surface area contributed by atoms with Gasteiger partial charge in [0.15, 0.2) is 0 Å². The minimum absolute atomic E-state index is 0.0333. The van der Waals surface area contributed by atoms with Gasteiger partial charge in [0.2, 0.25) is 0 Å². The SMILES string of the molecule is CC(C)CCC[C@@H](C)[C@H]1CC[C@H]2[C@@H]3CC=C4CC(O)([C@@H]5O[C@H](CO)[C@H](O)[C@H](O)[C@H]5O)CC[C@]4(C)[C@H]3CC[C@]12C. The summed E-state index contributed by atoms with van der Waals surface area (Å²) in [6.45, 7) is 11.7. The fourth-order valence-corrected chi connectivity index (χ4v) is 10.5. The molecule has 1 saturated heterocycles. The van der Waals surface area contributed by atoms with Gasteiger partial charge in [0.05, 0.1) is 12.2 Å². The third kappa shape index (κ3) is 4.97. The second-order valence-electron chi connectivity index (χ2n) is 15.3. The van der Waals surface area contributed by atoms with Gasteiger partial charge in [-0.15, -0.1) is 0 Å². The Balaban J connectivity index is 1.32. The standard InChI is InChI=1S/C33H56O6/c1-19(2)7-6-8-20(3)23-11-12-24-22-10-9-21-17-33(38,30-29(37)28(36)27(35)26(18-34)39-30)16-15-31(21,4)25(22)13-14-32(23,24)5/h9,19-20,22-30,34-38H,6-8,10-18H2,1-5H3/t20-,22+,23-,24+,25+,26-,27+,28+,29-,30-,31+,32-,33?/m1/s1. The Bertz CT molecular complexity index is 903. The minimum Gasteiger partial charge on any atom is -0.394 e. The molecule has 3 saturated carbocycles. The summed E-state index contributed by atoms with van der Waals surface area (Å²) in [4.78, 5) is 0. The first-order chi connectivity index (χ1) is 18.4. The molecule has 5 N–H and O–H groups in total. The van der Waals surface area contributed by atoms with Crippen LogP contribution in [0.5, 0.6) is 0 Å². The van der Waals surface area contributed by atoms with Crippen LogP contribution in [0.1, 0.15) is 105 Å². The van der Waals surface area contributed by atoms with E-state index in [-0.39, 0.29) is 5.41 Å². The Morgan fingerprint density at radius 1 is 0.923 bits per heavy atom. The first-order valence-corrected chi connectivity index (χ1v) is 16.1. The van der Waals surface area contributed by atoms with Gasteiger partial charge in [0.1, 0.15) is 30.5 Å². The number of aliphatic hydroxyl groups excluding tert-OH is 4. The van der Waals surface area contributed by atoms with E-state index >= 15 is 0 Å². The predicted octanol–water partition coefficient (Wildman–Crippen LogP) is 4.60. The highest BCUT2D eigenvalue weighted by molar-refractivity contribution is 5.28. The molecule has 0 amide bonds. The molecular weight excluding hydrogens is 492 g/mol. The molecule has 5 rings (SSSR count). The maximum Gasteiger partial charge on any atom is 0.116 e. The van der Waals surface area contributed by atoms with E-state index in [9.17, 15) is 25.5 Å². The van der Waals surface area contributed by atoms with Crippen LogP contribution in [0.4, 0.5) is 0 Å². The molecule has 0 aromatic heterocycles. The van der Waals surface area contributed by atoms with Crippen molar-refractivity contribution in [1.29, 1.82) is 0 Å². The van der Waals surface area contributed by atoms with E-state index < -0.39 is 42.7 Å². The maximum atomic E-state index is 11.8. The van der Waals surface area contributed by atoms with Crippen LogP contribution < -0.4 is 0 Å². The fraction of sp³-hybridized carbons (Fsp3) is 0.939. The van der Waals surface area contributed by atoms with E-state index in [4.69, 9.17) is 4.74 Å². The fourth-order valence-electron chi connectivity index (χ4n) is 10.5. The molecule has 0 aromatic rings.